The number of carbonyl (C=O) groups is 1. The van der Waals surface area contributed by atoms with Gasteiger partial charge in [-0.2, -0.15) is 0 Å². The van der Waals surface area contributed by atoms with Crippen molar-refractivity contribution in [3.63, 3.8) is 0 Å². The molecule has 0 aliphatic carbocycles. The zero-order valence-electron chi connectivity index (χ0n) is 14.1. The second-order valence-corrected chi connectivity index (χ2v) is 6.27. The number of urea groups is 1. The van der Waals surface area contributed by atoms with Crippen molar-refractivity contribution in [3.8, 4) is 0 Å². The van der Waals surface area contributed by atoms with E-state index in [1.807, 2.05) is 6.92 Å². The van der Waals surface area contributed by atoms with Crippen LogP contribution in [0.5, 0.6) is 0 Å². The van der Waals surface area contributed by atoms with Gasteiger partial charge in [-0.15, -0.1) is 0 Å². The minimum atomic E-state index is -2.66. The van der Waals surface area contributed by atoms with Gasteiger partial charge in [-0.3, -0.25) is 0 Å². The van der Waals surface area contributed by atoms with Gasteiger partial charge in [-0.25, -0.2) is 18.6 Å². The quantitative estimate of drug-likeness (QED) is 0.742. The highest BCUT2D eigenvalue weighted by atomic mass is 19.3. The Kier molecular flexibility index (Phi) is 4.98. The number of H-pyrrole nitrogens is 1. The minimum Gasteiger partial charge on any atom is -0.337 e. The van der Waals surface area contributed by atoms with Crippen LogP contribution in [-0.4, -0.2) is 47.1 Å². The first-order valence-electron chi connectivity index (χ1n) is 8.15. The number of nitrogens with zero attached hydrogens (tertiary/aromatic N) is 2. The predicted molar refractivity (Wildman–Crippen MR) is 92.9 cm³/mol. The van der Waals surface area contributed by atoms with Crippen LogP contribution in [0.1, 0.15) is 25.6 Å². The molecule has 3 N–H and O–H groups in total. The molecule has 1 aliphatic rings. The van der Waals surface area contributed by atoms with Crippen LogP contribution in [0, 0.1) is 0 Å². The molecule has 2 aromatic rings. The molecule has 2 heterocycles. The van der Waals surface area contributed by atoms with Gasteiger partial charge in [0.25, 0.3) is 6.43 Å². The second-order valence-electron chi connectivity index (χ2n) is 6.27. The molecule has 0 spiro atoms. The molecule has 0 saturated carbocycles. The Hall–Kier alpha value is -2.48. The molecule has 25 heavy (non-hydrogen) atoms. The average Bonchev–Trinajstić information content (AvgIpc) is 2.99. The molecule has 1 unspecified atom stereocenters. The number of hydrogen-bond donors (Lipinski definition) is 3. The summed E-state index contributed by atoms with van der Waals surface area (Å²) in [5.74, 6) is -0.376. The highest BCUT2D eigenvalue weighted by molar-refractivity contribution is 5.92. The Labute approximate surface area is 144 Å². The summed E-state index contributed by atoms with van der Waals surface area (Å²) < 4.78 is 25.4. The number of carbonyl (C=O) groups excluding carboxylic acids is 1. The van der Waals surface area contributed by atoms with Gasteiger partial charge in [0.2, 0.25) is 0 Å². The number of hydrogen-bond acceptors (Lipinski definition) is 3. The van der Waals surface area contributed by atoms with E-state index in [0.717, 1.165) is 19.5 Å². The monoisotopic (exact) mass is 349 g/mol. The van der Waals surface area contributed by atoms with Crippen molar-refractivity contribution in [2.75, 3.05) is 25.5 Å². The summed E-state index contributed by atoms with van der Waals surface area (Å²) in [7, 11) is 2.06. The second kappa shape index (κ2) is 7.18. The Bertz CT molecular complexity index is 801. The van der Waals surface area contributed by atoms with Crippen molar-refractivity contribution in [1.29, 1.82) is 0 Å². The number of alkyl halides is 2. The number of amides is 2. The molecule has 1 aliphatic heterocycles. The van der Waals surface area contributed by atoms with E-state index in [1.54, 1.807) is 18.2 Å². The number of likely N-dealkylation sites (N-methyl/N-ethyl adjacent to an activating group) is 1. The van der Waals surface area contributed by atoms with Gasteiger partial charge in [0.05, 0.1) is 11.0 Å². The Morgan fingerprint density at radius 1 is 1.40 bits per heavy atom. The number of anilines is 1. The number of fused-ring (bicyclic) bond motifs is 1. The number of aromatic amines is 1. The van der Waals surface area contributed by atoms with Crippen LogP contribution in [0.25, 0.3) is 11.0 Å². The normalized spacial score (nSPS) is 16.8. The molecule has 1 aromatic heterocycles. The van der Waals surface area contributed by atoms with E-state index in [1.165, 1.54) is 5.57 Å². The molecule has 1 aromatic carbocycles. The lowest BCUT2D eigenvalue weighted by Gasteiger charge is -2.26. The van der Waals surface area contributed by atoms with E-state index in [-0.39, 0.29) is 17.9 Å². The van der Waals surface area contributed by atoms with Crippen molar-refractivity contribution < 1.29 is 13.6 Å². The number of aromatic nitrogens is 2. The number of rotatable bonds is 4. The number of benzene rings is 1. The molecule has 0 radical (unpaired) electrons. The summed E-state index contributed by atoms with van der Waals surface area (Å²) in [5.41, 5.74) is 2.61. The molecule has 0 bridgehead atoms. The van der Waals surface area contributed by atoms with E-state index in [0.29, 0.717) is 16.7 Å². The fraction of sp³-hybridized carbons (Fsp3) is 0.412. The van der Waals surface area contributed by atoms with E-state index in [2.05, 4.69) is 38.6 Å². The Morgan fingerprint density at radius 3 is 2.88 bits per heavy atom. The fourth-order valence-corrected chi connectivity index (χ4v) is 2.85. The first-order chi connectivity index (χ1) is 11.9. The molecule has 2 amide bonds. The van der Waals surface area contributed by atoms with Gasteiger partial charge in [0, 0.05) is 24.8 Å². The van der Waals surface area contributed by atoms with Crippen LogP contribution >= 0.6 is 0 Å². The lowest BCUT2D eigenvalue weighted by atomic mass is 10.0. The molecular formula is C17H21F2N5O. The van der Waals surface area contributed by atoms with E-state index in [4.69, 9.17) is 0 Å². The Balaban J connectivity index is 1.63. The molecule has 6 nitrogen and oxygen atoms in total. The first-order valence-corrected chi connectivity index (χ1v) is 8.15. The highest BCUT2D eigenvalue weighted by Gasteiger charge is 2.16. The SMILES string of the molecule is CC(NC(=O)Nc1ccc2nc(C(F)F)[nH]c2c1)C1=CCN(C)CC1. The summed E-state index contributed by atoms with van der Waals surface area (Å²) in [6.45, 7) is 3.80. The zero-order valence-corrected chi connectivity index (χ0v) is 14.1. The van der Waals surface area contributed by atoms with E-state index < -0.39 is 6.43 Å². The molecule has 0 saturated heterocycles. The topological polar surface area (TPSA) is 73.0 Å². The third kappa shape index (κ3) is 4.14. The zero-order chi connectivity index (χ0) is 18.0. The third-order valence-electron chi connectivity index (χ3n) is 4.32. The van der Waals surface area contributed by atoms with Crippen molar-refractivity contribution >= 4 is 22.8 Å². The van der Waals surface area contributed by atoms with Crippen LogP contribution in [0.15, 0.2) is 29.8 Å². The van der Waals surface area contributed by atoms with Crippen LogP contribution in [0.4, 0.5) is 19.3 Å². The summed E-state index contributed by atoms with van der Waals surface area (Å²) in [6, 6.07) is 4.43. The van der Waals surface area contributed by atoms with Gasteiger partial charge in [0.1, 0.15) is 0 Å². The maximum Gasteiger partial charge on any atom is 0.319 e. The number of imidazole rings is 1. The lowest BCUT2D eigenvalue weighted by molar-refractivity contribution is 0.142. The molecular weight excluding hydrogens is 328 g/mol. The standard InChI is InChI=1S/C17H21F2N5O/c1-10(11-5-7-24(2)8-6-11)20-17(25)21-12-3-4-13-14(9-12)23-16(22-13)15(18)19/h3-5,9-10,15H,6-8H2,1-2H3,(H,22,23)(H2,20,21,25). The number of nitrogens with one attached hydrogen (secondary N) is 3. The van der Waals surface area contributed by atoms with E-state index in [9.17, 15) is 13.6 Å². The van der Waals surface area contributed by atoms with E-state index >= 15 is 0 Å². The van der Waals surface area contributed by atoms with Crippen molar-refractivity contribution in [2.24, 2.45) is 0 Å². The average molecular weight is 349 g/mol. The first kappa shape index (κ1) is 17.3. The van der Waals surface area contributed by atoms with Crippen LogP contribution < -0.4 is 10.6 Å². The fourth-order valence-electron chi connectivity index (χ4n) is 2.85. The van der Waals surface area contributed by atoms with Crippen LogP contribution in [0.3, 0.4) is 0 Å². The van der Waals surface area contributed by atoms with Crippen molar-refractivity contribution in [1.82, 2.24) is 20.2 Å². The Morgan fingerprint density at radius 2 is 2.20 bits per heavy atom. The van der Waals surface area contributed by atoms with Gasteiger partial charge in [-0.1, -0.05) is 6.08 Å². The maximum atomic E-state index is 12.7. The minimum absolute atomic E-state index is 0.0602. The van der Waals surface area contributed by atoms with Gasteiger partial charge in [-0.05, 0) is 44.2 Å². The lowest BCUT2D eigenvalue weighted by Crippen LogP contribution is -2.39. The third-order valence-corrected chi connectivity index (χ3v) is 4.32. The van der Waals surface area contributed by atoms with Gasteiger partial charge >= 0.3 is 6.03 Å². The van der Waals surface area contributed by atoms with Gasteiger partial charge in [0.15, 0.2) is 5.82 Å². The molecule has 0 fully saturated rings. The van der Waals surface area contributed by atoms with Crippen molar-refractivity contribution in [3.05, 3.63) is 35.7 Å². The van der Waals surface area contributed by atoms with Gasteiger partial charge < -0.3 is 20.5 Å². The molecule has 8 heteroatoms. The van der Waals surface area contributed by atoms with Crippen molar-refractivity contribution in [2.45, 2.75) is 25.8 Å². The summed E-state index contributed by atoms with van der Waals surface area (Å²) in [6.07, 6.45) is 0.404. The predicted octanol–water partition coefficient (Wildman–Crippen LogP) is 3.27. The maximum absolute atomic E-state index is 12.7. The smallest absolute Gasteiger partial charge is 0.319 e. The molecule has 134 valence electrons. The number of halogens is 2. The largest absolute Gasteiger partial charge is 0.337 e. The molecule has 3 rings (SSSR count). The van der Waals surface area contributed by atoms with Crippen LogP contribution in [0.2, 0.25) is 0 Å². The summed E-state index contributed by atoms with van der Waals surface area (Å²) in [4.78, 5) is 20.7. The van der Waals surface area contributed by atoms with Crippen LogP contribution in [-0.2, 0) is 0 Å². The highest BCUT2D eigenvalue weighted by Crippen LogP contribution is 2.22. The summed E-state index contributed by atoms with van der Waals surface area (Å²) in [5, 5.41) is 5.63. The molecule has 1 atom stereocenters. The summed E-state index contributed by atoms with van der Waals surface area (Å²) >= 11 is 0.